The fraction of sp³-hybridized carbons (Fsp3) is 0.938. The van der Waals surface area contributed by atoms with Crippen LogP contribution in [0.5, 0.6) is 0 Å². The smallest absolute Gasteiger partial charge is 0.410 e. The molecule has 0 aromatic heterocycles. The van der Waals surface area contributed by atoms with E-state index in [0.29, 0.717) is 12.1 Å². The van der Waals surface area contributed by atoms with Crippen molar-refractivity contribution in [1.29, 1.82) is 0 Å². The molecule has 0 aliphatic heterocycles. The second-order valence-electron chi connectivity index (χ2n) is 6.94. The Kier molecular flexibility index (Phi) is 6.94. The Labute approximate surface area is 129 Å². The molecule has 0 heterocycles. The Morgan fingerprint density at radius 1 is 1.33 bits per heavy atom. The predicted octanol–water partition coefficient (Wildman–Crippen LogP) is 2.79. The Morgan fingerprint density at radius 3 is 2.43 bits per heavy atom. The van der Waals surface area contributed by atoms with Crippen LogP contribution in [0.4, 0.5) is 4.79 Å². The maximum atomic E-state index is 12.2. The predicted molar refractivity (Wildman–Crippen MR) is 84.5 cm³/mol. The van der Waals surface area contributed by atoms with Crippen LogP contribution in [0.1, 0.15) is 53.9 Å². The van der Waals surface area contributed by atoms with Gasteiger partial charge in [-0.2, -0.15) is 0 Å². The van der Waals surface area contributed by atoms with Crippen molar-refractivity contribution in [3.63, 3.8) is 0 Å². The average Bonchev–Trinajstić information content (AvgIpc) is 3.19. The number of amides is 1. The highest BCUT2D eigenvalue weighted by Gasteiger charge is 2.34. The van der Waals surface area contributed by atoms with Crippen LogP contribution in [-0.4, -0.2) is 55.0 Å². The first-order valence-corrected chi connectivity index (χ1v) is 8.00. The molecule has 0 aromatic rings. The van der Waals surface area contributed by atoms with Gasteiger partial charge >= 0.3 is 6.09 Å². The van der Waals surface area contributed by atoms with Crippen molar-refractivity contribution in [3.05, 3.63) is 0 Å². The van der Waals surface area contributed by atoms with Gasteiger partial charge in [-0.1, -0.05) is 0 Å². The van der Waals surface area contributed by atoms with Crippen LogP contribution in [0.25, 0.3) is 0 Å². The van der Waals surface area contributed by atoms with E-state index in [1.807, 2.05) is 25.7 Å². The van der Waals surface area contributed by atoms with Gasteiger partial charge in [-0.15, -0.1) is 0 Å². The lowest BCUT2D eigenvalue weighted by Crippen LogP contribution is -2.41. The molecule has 2 atom stereocenters. The zero-order valence-corrected chi connectivity index (χ0v) is 14.4. The van der Waals surface area contributed by atoms with Gasteiger partial charge in [0, 0.05) is 25.7 Å². The summed E-state index contributed by atoms with van der Waals surface area (Å²) in [4.78, 5) is 14.1. The maximum absolute atomic E-state index is 12.2. The quantitative estimate of drug-likeness (QED) is 0.700. The summed E-state index contributed by atoms with van der Waals surface area (Å²) >= 11 is 0. The standard InChI is InChI=1S/C16H32N2O3/c1-12(13(2)20-6)17-10-7-11-18(14-8-9-14)15(19)21-16(3,4)5/h12-14,17H,7-11H2,1-6H3. The highest BCUT2D eigenvalue weighted by molar-refractivity contribution is 5.69. The molecular formula is C16H32N2O3. The number of nitrogens with one attached hydrogen (secondary N) is 1. The molecule has 1 rings (SSSR count). The van der Waals surface area contributed by atoms with E-state index in [0.717, 1.165) is 32.4 Å². The van der Waals surface area contributed by atoms with Gasteiger partial charge in [0.05, 0.1) is 6.10 Å². The van der Waals surface area contributed by atoms with E-state index >= 15 is 0 Å². The molecule has 2 unspecified atom stereocenters. The Bertz CT molecular complexity index is 324. The number of hydrogen-bond acceptors (Lipinski definition) is 4. The third-order valence-electron chi connectivity index (χ3n) is 3.73. The molecule has 1 amide bonds. The zero-order chi connectivity index (χ0) is 16.0. The van der Waals surface area contributed by atoms with Crippen molar-refractivity contribution < 1.29 is 14.3 Å². The van der Waals surface area contributed by atoms with Crippen molar-refractivity contribution in [2.75, 3.05) is 20.2 Å². The van der Waals surface area contributed by atoms with E-state index in [1.54, 1.807) is 7.11 Å². The van der Waals surface area contributed by atoms with E-state index < -0.39 is 5.60 Å². The van der Waals surface area contributed by atoms with Gasteiger partial charge in [0.2, 0.25) is 0 Å². The highest BCUT2D eigenvalue weighted by atomic mass is 16.6. The van der Waals surface area contributed by atoms with Crippen molar-refractivity contribution in [1.82, 2.24) is 10.2 Å². The summed E-state index contributed by atoms with van der Waals surface area (Å²) in [7, 11) is 1.72. The SMILES string of the molecule is COC(C)C(C)NCCCN(C(=O)OC(C)(C)C)C1CC1. The lowest BCUT2D eigenvalue weighted by atomic mass is 10.2. The Hall–Kier alpha value is -0.810. The first kappa shape index (κ1) is 18.2. The fourth-order valence-corrected chi connectivity index (χ4v) is 2.08. The van der Waals surface area contributed by atoms with Crippen LogP contribution in [0.2, 0.25) is 0 Å². The van der Waals surface area contributed by atoms with Crippen LogP contribution in [0, 0.1) is 0 Å². The summed E-state index contributed by atoms with van der Waals surface area (Å²) in [6.45, 7) is 11.5. The maximum Gasteiger partial charge on any atom is 0.410 e. The van der Waals surface area contributed by atoms with Crippen LogP contribution in [-0.2, 0) is 9.47 Å². The molecule has 5 heteroatoms. The highest BCUT2D eigenvalue weighted by Crippen LogP contribution is 2.28. The van der Waals surface area contributed by atoms with Gasteiger partial charge in [-0.05, 0) is 60.4 Å². The summed E-state index contributed by atoms with van der Waals surface area (Å²) in [5, 5.41) is 3.43. The van der Waals surface area contributed by atoms with E-state index in [2.05, 4.69) is 19.2 Å². The Morgan fingerprint density at radius 2 is 1.95 bits per heavy atom. The number of rotatable bonds is 8. The number of ether oxygens (including phenoxy) is 2. The molecule has 1 N–H and O–H groups in total. The Balaban J connectivity index is 2.31. The van der Waals surface area contributed by atoms with Gasteiger partial charge in [0.25, 0.3) is 0 Å². The summed E-state index contributed by atoms with van der Waals surface area (Å²) in [6.07, 6.45) is 3.14. The fourth-order valence-electron chi connectivity index (χ4n) is 2.08. The molecule has 21 heavy (non-hydrogen) atoms. The first-order valence-electron chi connectivity index (χ1n) is 8.00. The minimum absolute atomic E-state index is 0.177. The van der Waals surface area contributed by atoms with E-state index in [9.17, 15) is 4.79 Å². The molecule has 1 aliphatic carbocycles. The van der Waals surface area contributed by atoms with Crippen molar-refractivity contribution in [3.8, 4) is 0 Å². The summed E-state index contributed by atoms with van der Waals surface area (Å²) in [5.74, 6) is 0. The second-order valence-corrected chi connectivity index (χ2v) is 6.94. The molecule has 124 valence electrons. The van der Waals surface area contributed by atoms with E-state index in [-0.39, 0.29) is 12.2 Å². The van der Waals surface area contributed by atoms with E-state index in [4.69, 9.17) is 9.47 Å². The molecule has 1 fully saturated rings. The van der Waals surface area contributed by atoms with Crippen LogP contribution >= 0.6 is 0 Å². The van der Waals surface area contributed by atoms with Crippen molar-refractivity contribution in [2.45, 2.75) is 77.7 Å². The van der Waals surface area contributed by atoms with Gasteiger partial charge in [0.15, 0.2) is 0 Å². The molecule has 1 saturated carbocycles. The monoisotopic (exact) mass is 300 g/mol. The van der Waals surface area contributed by atoms with Gasteiger partial charge in [-0.25, -0.2) is 4.79 Å². The van der Waals surface area contributed by atoms with E-state index in [1.165, 1.54) is 0 Å². The summed E-state index contributed by atoms with van der Waals surface area (Å²) in [6, 6.07) is 0.695. The van der Waals surface area contributed by atoms with Crippen LogP contribution in [0.3, 0.4) is 0 Å². The number of nitrogens with zero attached hydrogens (tertiary/aromatic N) is 1. The molecule has 1 aliphatic rings. The minimum Gasteiger partial charge on any atom is -0.444 e. The van der Waals surface area contributed by atoms with Crippen molar-refractivity contribution in [2.24, 2.45) is 0 Å². The zero-order valence-electron chi connectivity index (χ0n) is 14.4. The lowest BCUT2D eigenvalue weighted by Gasteiger charge is -2.28. The number of carbonyl (C=O) groups is 1. The number of methoxy groups -OCH3 is 1. The molecular weight excluding hydrogens is 268 g/mol. The third kappa shape index (κ3) is 7.14. The summed E-state index contributed by atoms with van der Waals surface area (Å²) < 4.78 is 10.8. The normalized spacial score (nSPS) is 18.2. The molecule has 0 saturated heterocycles. The van der Waals surface area contributed by atoms with Crippen molar-refractivity contribution >= 4 is 6.09 Å². The molecule has 0 radical (unpaired) electrons. The average molecular weight is 300 g/mol. The topological polar surface area (TPSA) is 50.8 Å². The first-order chi connectivity index (χ1) is 9.74. The van der Waals surface area contributed by atoms with Crippen LogP contribution in [0.15, 0.2) is 0 Å². The second kappa shape index (κ2) is 7.99. The van der Waals surface area contributed by atoms with Gasteiger partial charge in [-0.3, -0.25) is 0 Å². The third-order valence-corrected chi connectivity index (χ3v) is 3.73. The van der Waals surface area contributed by atoms with Gasteiger partial charge in [0.1, 0.15) is 5.60 Å². The molecule has 0 spiro atoms. The van der Waals surface area contributed by atoms with Gasteiger partial charge < -0.3 is 19.7 Å². The minimum atomic E-state index is -0.426. The van der Waals surface area contributed by atoms with Crippen LogP contribution < -0.4 is 5.32 Å². The number of carbonyl (C=O) groups excluding carboxylic acids is 1. The molecule has 0 bridgehead atoms. The molecule has 5 nitrogen and oxygen atoms in total. The number of hydrogen-bond donors (Lipinski definition) is 1. The largest absolute Gasteiger partial charge is 0.444 e. The lowest BCUT2D eigenvalue weighted by molar-refractivity contribution is 0.0230. The summed E-state index contributed by atoms with van der Waals surface area (Å²) in [5.41, 5.74) is -0.426. The molecule has 0 aromatic carbocycles.